The van der Waals surface area contributed by atoms with Crippen molar-refractivity contribution >= 4 is 16.6 Å². The Kier molecular flexibility index (Phi) is 5.46. The Balaban J connectivity index is 1.71. The zero-order valence-corrected chi connectivity index (χ0v) is 18.8. The molecule has 0 aliphatic heterocycles. The monoisotopic (exact) mass is 455 g/mol. The van der Waals surface area contributed by atoms with Gasteiger partial charge in [0.05, 0.1) is 24.2 Å². The molecule has 0 radical (unpaired) electrons. The van der Waals surface area contributed by atoms with Gasteiger partial charge in [-0.1, -0.05) is 23.4 Å². The molecule has 0 spiro atoms. The van der Waals surface area contributed by atoms with Crippen LogP contribution in [0.4, 0.5) is 5.82 Å². The summed E-state index contributed by atoms with van der Waals surface area (Å²) in [5.41, 5.74) is 2.77. The lowest BCUT2D eigenvalue weighted by atomic mass is 9.99. The average molecular weight is 455 g/mol. The second-order valence-corrected chi connectivity index (χ2v) is 7.72. The fourth-order valence-corrected chi connectivity index (χ4v) is 3.89. The zero-order valence-electron chi connectivity index (χ0n) is 18.8. The minimum Gasteiger partial charge on any atom is -0.467 e. The van der Waals surface area contributed by atoms with Crippen LogP contribution in [0.25, 0.3) is 27.7 Å². The summed E-state index contributed by atoms with van der Waals surface area (Å²) in [6.45, 7) is 3.88. The van der Waals surface area contributed by atoms with Crippen LogP contribution in [0.5, 0.6) is 6.01 Å². The highest BCUT2D eigenvalue weighted by molar-refractivity contribution is 5.96. The zero-order chi connectivity index (χ0) is 23.7. The predicted octanol–water partition coefficient (Wildman–Crippen LogP) is 3.72. The molecule has 1 N–H and O–H groups in total. The molecule has 0 fully saturated rings. The van der Waals surface area contributed by atoms with Gasteiger partial charge in [-0.2, -0.15) is 0 Å². The summed E-state index contributed by atoms with van der Waals surface area (Å²) in [6, 6.07) is 9.27. The van der Waals surface area contributed by atoms with E-state index < -0.39 is 0 Å². The van der Waals surface area contributed by atoms with E-state index in [4.69, 9.17) is 9.26 Å². The molecular weight excluding hydrogens is 434 g/mol. The molecule has 0 amide bonds. The number of hydrogen-bond acceptors (Lipinski definition) is 9. The Morgan fingerprint density at radius 3 is 2.65 bits per heavy atom. The van der Waals surface area contributed by atoms with Crippen molar-refractivity contribution in [2.75, 3.05) is 12.4 Å². The van der Waals surface area contributed by atoms with E-state index in [9.17, 15) is 4.79 Å². The molecule has 10 heteroatoms. The van der Waals surface area contributed by atoms with Crippen LogP contribution in [-0.4, -0.2) is 36.8 Å². The number of ether oxygens (including phenoxy) is 1. The van der Waals surface area contributed by atoms with Gasteiger partial charge in [0.2, 0.25) is 0 Å². The molecule has 0 saturated heterocycles. The van der Waals surface area contributed by atoms with Crippen molar-refractivity contribution in [3.8, 4) is 23.0 Å². The quantitative estimate of drug-likeness (QED) is 0.408. The van der Waals surface area contributed by atoms with Crippen molar-refractivity contribution in [3.63, 3.8) is 0 Å². The minimum absolute atomic E-state index is 0.235. The van der Waals surface area contributed by atoms with Gasteiger partial charge in [-0.05, 0) is 30.9 Å². The number of pyridine rings is 1. The number of anilines is 1. The largest absolute Gasteiger partial charge is 0.467 e. The van der Waals surface area contributed by atoms with Gasteiger partial charge in [-0.25, -0.2) is 19.9 Å². The number of nitrogens with one attached hydrogen (secondary N) is 1. The molecule has 5 rings (SSSR count). The number of nitrogens with zero attached hydrogens (tertiary/aromatic N) is 6. The topological polar surface area (TPSA) is 121 Å². The highest BCUT2D eigenvalue weighted by atomic mass is 16.5. The number of aromatic nitrogens is 6. The van der Waals surface area contributed by atoms with Crippen LogP contribution in [0, 0.1) is 6.92 Å². The highest BCUT2D eigenvalue weighted by Crippen LogP contribution is 2.29. The fraction of sp³-hybridized carbons (Fsp3) is 0.167. The number of aryl methyl sites for hydroxylation is 1. The average Bonchev–Trinajstić information content (AvgIpc) is 3.39. The number of hydrogen-bond donors (Lipinski definition) is 1. The van der Waals surface area contributed by atoms with Gasteiger partial charge >= 0.3 is 6.01 Å². The molecule has 34 heavy (non-hydrogen) atoms. The van der Waals surface area contributed by atoms with Crippen molar-refractivity contribution < 1.29 is 9.26 Å². The van der Waals surface area contributed by atoms with E-state index in [1.54, 1.807) is 29.2 Å². The lowest BCUT2D eigenvalue weighted by Gasteiger charge is -2.21. The normalized spacial score (nSPS) is 12.0. The minimum atomic E-state index is -0.282. The first-order valence-electron chi connectivity index (χ1n) is 10.6. The first-order chi connectivity index (χ1) is 16.6. The van der Waals surface area contributed by atoms with Crippen LogP contribution in [-0.2, 0) is 0 Å². The lowest BCUT2D eigenvalue weighted by Crippen LogP contribution is -2.26. The summed E-state index contributed by atoms with van der Waals surface area (Å²) >= 11 is 0. The molecule has 1 unspecified atom stereocenters. The van der Waals surface area contributed by atoms with Crippen LogP contribution >= 0.6 is 0 Å². The highest BCUT2D eigenvalue weighted by Gasteiger charge is 2.20. The molecule has 0 saturated carbocycles. The molecule has 4 heterocycles. The van der Waals surface area contributed by atoms with E-state index >= 15 is 0 Å². The molecule has 1 atom stereocenters. The van der Waals surface area contributed by atoms with Gasteiger partial charge in [0.1, 0.15) is 18.4 Å². The van der Waals surface area contributed by atoms with Crippen molar-refractivity contribution in [2.24, 2.45) is 0 Å². The Labute approximate surface area is 194 Å². The van der Waals surface area contributed by atoms with Crippen LogP contribution in [0.1, 0.15) is 24.2 Å². The SMILES string of the molecule is COc1ncc(-c2cccc3cc(C(C)Nc4ncncc4C)n(-c4ccon4)c(=O)c23)cn1. The first kappa shape index (κ1) is 21.3. The molecule has 170 valence electrons. The molecule has 0 aliphatic carbocycles. The van der Waals surface area contributed by atoms with Crippen LogP contribution in [0.15, 0.2) is 70.8 Å². The summed E-state index contributed by atoms with van der Waals surface area (Å²) in [7, 11) is 1.50. The summed E-state index contributed by atoms with van der Waals surface area (Å²) in [4.78, 5) is 30.7. The summed E-state index contributed by atoms with van der Waals surface area (Å²) in [5.74, 6) is 1.07. The van der Waals surface area contributed by atoms with Crippen LogP contribution in [0.2, 0.25) is 0 Å². The van der Waals surface area contributed by atoms with Crippen LogP contribution < -0.4 is 15.6 Å². The maximum absolute atomic E-state index is 14.0. The Morgan fingerprint density at radius 1 is 1.12 bits per heavy atom. The molecular formula is C24H21N7O3. The van der Waals surface area contributed by atoms with Gasteiger partial charge in [-0.3, -0.25) is 9.36 Å². The number of benzene rings is 1. The Bertz CT molecular complexity index is 1510. The standard InChI is InChI=1S/C24H21N7O3/c1-14-10-25-13-28-22(14)29-15(2)19-9-16-5-4-6-18(17-11-26-24(33-3)27-12-17)21(16)23(32)31(19)20-7-8-34-30-20/h4-13,15H,1-3H3,(H,25,28,29). The third-order valence-electron chi connectivity index (χ3n) is 5.54. The Morgan fingerprint density at radius 2 is 1.94 bits per heavy atom. The Hall–Kier alpha value is -4.60. The van der Waals surface area contributed by atoms with E-state index in [0.29, 0.717) is 33.8 Å². The lowest BCUT2D eigenvalue weighted by molar-refractivity contribution is 0.380. The van der Waals surface area contributed by atoms with E-state index in [-0.39, 0.29) is 17.6 Å². The number of fused-ring (bicyclic) bond motifs is 1. The summed E-state index contributed by atoms with van der Waals surface area (Å²) < 4.78 is 11.7. The maximum atomic E-state index is 14.0. The van der Waals surface area contributed by atoms with Crippen LogP contribution in [0.3, 0.4) is 0 Å². The fourth-order valence-electron chi connectivity index (χ4n) is 3.89. The summed E-state index contributed by atoms with van der Waals surface area (Å²) in [5, 5.41) is 8.72. The maximum Gasteiger partial charge on any atom is 0.316 e. The molecule has 5 aromatic rings. The molecule has 10 nitrogen and oxygen atoms in total. The van der Waals surface area contributed by atoms with E-state index in [1.807, 2.05) is 38.1 Å². The van der Waals surface area contributed by atoms with Gasteiger partial charge in [0, 0.05) is 35.8 Å². The molecule has 4 aromatic heterocycles. The van der Waals surface area contributed by atoms with Crippen molar-refractivity contribution in [2.45, 2.75) is 19.9 Å². The van der Waals surface area contributed by atoms with Gasteiger partial charge in [0.15, 0.2) is 5.82 Å². The smallest absolute Gasteiger partial charge is 0.316 e. The van der Waals surface area contributed by atoms with Crippen molar-refractivity contribution in [1.29, 1.82) is 0 Å². The van der Waals surface area contributed by atoms with E-state index in [2.05, 4.69) is 30.4 Å². The number of methoxy groups -OCH3 is 1. The molecule has 0 bridgehead atoms. The molecule has 1 aromatic carbocycles. The first-order valence-corrected chi connectivity index (χ1v) is 10.6. The van der Waals surface area contributed by atoms with E-state index in [1.165, 1.54) is 19.7 Å². The summed E-state index contributed by atoms with van der Waals surface area (Å²) in [6.07, 6.45) is 7.92. The van der Waals surface area contributed by atoms with Gasteiger partial charge in [0.25, 0.3) is 5.56 Å². The third-order valence-corrected chi connectivity index (χ3v) is 5.54. The third kappa shape index (κ3) is 3.75. The number of rotatable bonds is 6. The second kappa shape index (κ2) is 8.74. The van der Waals surface area contributed by atoms with Gasteiger partial charge < -0.3 is 14.6 Å². The van der Waals surface area contributed by atoms with E-state index in [0.717, 1.165) is 10.9 Å². The van der Waals surface area contributed by atoms with Gasteiger partial charge in [-0.15, -0.1) is 0 Å². The predicted molar refractivity (Wildman–Crippen MR) is 126 cm³/mol. The molecule has 0 aliphatic rings. The second-order valence-electron chi connectivity index (χ2n) is 7.72. The van der Waals surface area contributed by atoms with Crippen molar-refractivity contribution in [1.82, 2.24) is 29.7 Å². The van der Waals surface area contributed by atoms with Crippen molar-refractivity contribution in [3.05, 3.63) is 83.1 Å².